The SMILES string of the molecule is CN1C(=O)C(=NOC(=O)c2cccnc2)c2ccccc21. The van der Waals surface area contributed by atoms with Gasteiger partial charge >= 0.3 is 5.97 Å². The summed E-state index contributed by atoms with van der Waals surface area (Å²) >= 11 is 0. The van der Waals surface area contributed by atoms with Gasteiger partial charge in [0.15, 0.2) is 5.71 Å². The van der Waals surface area contributed by atoms with Crippen LogP contribution in [0.4, 0.5) is 5.69 Å². The molecule has 0 radical (unpaired) electrons. The Kier molecular flexibility index (Phi) is 3.19. The van der Waals surface area contributed by atoms with Crippen molar-refractivity contribution in [2.24, 2.45) is 5.16 Å². The third-order valence-corrected chi connectivity index (χ3v) is 3.14. The lowest BCUT2D eigenvalue weighted by molar-refractivity contribution is -0.112. The molecule has 0 N–H and O–H groups in total. The van der Waals surface area contributed by atoms with Gasteiger partial charge in [-0.1, -0.05) is 23.4 Å². The number of rotatable bonds is 2. The summed E-state index contributed by atoms with van der Waals surface area (Å²) in [4.78, 5) is 34.0. The molecule has 104 valence electrons. The van der Waals surface area contributed by atoms with E-state index >= 15 is 0 Å². The number of amides is 1. The first-order valence-corrected chi connectivity index (χ1v) is 6.25. The number of fused-ring (bicyclic) bond motifs is 1. The zero-order valence-corrected chi connectivity index (χ0v) is 11.2. The van der Waals surface area contributed by atoms with Gasteiger partial charge in [0.2, 0.25) is 0 Å². The van der Waals surface area contributed by atoms with Crippen LogP contribution in [0.15, 0.2) is 53.9 Å². The Hall–Kier alpha value is -3.02. The molecule has 1 aliphatic rings. The van der Waals surface area contributed by atoms with Gasteiger partial charge in [-0.15, -0.1) is 0 Å². The molecular formula is C15H11N3O3. The van der Waals surface area contributed by atoms with E-state index in [4.69, 9.17) is 4.84 Å². The van der Waals surface area contributed by atoms with Crippen molar-refractivity contribution in [2.75, 3.05) is 11.9 Å². The van der Waals surface area contributed by atoms with Crippen LogP contribution in [0.5, 0.6) is 0 Å². The van der Waals surface area contributed by atoms with Crippen LogP contribution in [0, 0.1) is 0 Å². The minimum absolute atomic E-state index is 0.116. The number of likely N-dealkylation sites (N-methyl/N-ethyl adjacent to an activating group) is 1. The van der Waals surface area contributed by atoms with Crippen molar-refractivity contribution in [3.63, 3.8) is 0 Å². The molecule has 3 rings (SSSR count). The number of hydrogen-bond donors (Lipinski definition) is 0. The van der Waals surface area contributed by atoms with Crippen molar-refractivity contribution in [1.29, 1.82) is 0 Å². The second-order valence-electron chi connectivity index (χ2n) is 4.44. The zero-order chi connectivity index (χ0) is 14.8. The fourth-order valence-electron chi connectivity index (χ4n) is 2.06. The molecule has 0 unspecified atom stereocenters. The summed E-state index contributed by atoms with van der Waals surface area (Å²) in [5.74, 6) is -0.967. The third kappa shape index (κ3) is 2.27. The van der Waals surface area contributed by atoms with Crippen LogP contribution in [-0.4, -0.2) is 29.6 Å². The first-order valence-electron chi connectivity index (χ1n) is 6.25. The number of nitrogens with zero attached hydrogens (tertiary/aromatic N) is 3. The van der Waals surface area contributed by atoms with Gasteiger partial charge in [0.1, 0.15) is 0 Å². The van der Waals surface area contributed by atoms with Crippen molar-refractivity contribution in [2.45, 2.75) is 0 Å². The van der Waals surface area contributed by atoms with Crippen LogP contribution in [-0.2, 0) is 9.63 Å². The van der Waals surface area contributed by atoms with Crippen LogP contribution in [0.25, 0.3) is 0 Å². The minimum atomic E-state index is -0.657. The maximum Gasteiger partial charge on any atom is 0.367 e. The lowest BCUT2D eigenvalue weighted by atomic mass is 10.1. The Bertz CT molecular complexity index is 741. The molecule has 0 saturated heterocycles. The molecule has 0 aliphatic carbocycles. The molecule has 21 heavy (non-hydrogen) atoms. The third-order valence-electron chi connectivity index (χ3n) is 3.14. The molecule has 6 heteroatoms. The number of hydrogen-bond acceptors (Lipinski definition) is 5. The van der Waals surface area contributed by atoms with E-state index in [1.54, 1.807) is 43.6 Å². The topological polar surface area (TPSA) is 71.9 Å². The van der Waals surface area contributed by atoms with Crippen molar-refractivity contribution in [3.05, 3.63) is 59.9 Å². The van der Waals surface area contributed by atoms with E-state index in [1.165, 1.54) is 11.1 Å². The van der Waals surface area contributed by atoms with Gasteiger partial charge in [-0.3, -0.25) is 9.78 Å². The van der Waals surface area contributed by atoms with E-state index in [1.807, 2.05) is 6.07 Å². The van der Waals surface area contributed by atoms with Crippen molar-refractivity contribution in [1.82, 2.24) is 4.98 Å². The van der Waals surface area contributed by atoms with Gasteiger partial charge in [0.25, 0.3) is 5.91 Å². The van der Waals surface area contributed by atoms with Gasteiger partial charge in [-0.2, -0.15) is 0 Å². The van der Waals surface area contributed by atoms with Crippen molar-refractivity contribution < 1.29 is 14.4 Å². The summed E-state index contributed by atoms with van der Waals surface area (Å²) in [6.45, 7) is 0. The summed E-state index contributed by atoms with van der Waals surface area (Å²) < 4.78 is 0. The minimum Gasteiger partial charge on any atom is -0.312 e. The zero-order valence-electron chi connectivity index (χ0n) is 11.2. The summed E-state index contributed by atoms with van der Waals surface area (Å²) in [7, 11) is 1.65. The molecule has 1 amide bonds. The molecule has 1 aromatic heterocycles. The number of para-hydroxylation sites is 1. The quantitative estimate of drug-likeness (QED) is 0.619. The molecule has 0 fully saturated rings. The van der Waals surface area contributed by atoms with Crippen molar-refractivity contribution in [3.8, 4) is 0 Å². The first-order chi connectivity index (χ1) is 10.2. The lowest BCUT2D eigenvalue weighted by Gasteiger charge is -2.07. The summed E-state index contributed by atoms with van der Waals surface area (Å²) in [5, 5.41) is 3.72. The van der Waals surface area contributed by atoms with E-state index in [9.17, 15) is 9.59 Å². The Labute approximate surface area is 120 Å². The molecule has 0 saturated carbocycles. The molecule has 0 atom stereocenters. The fourth-order valence-corrected chi connectivity index (χ4v) is 2.06. The maximum atomic E-state index is 12.1. The highest BCUT2D eigenvalue weighted by atomic mass is 16.7. The fraction of sp³-hybridized carbons (Fsp3) is 0.0667. The predicted octanol–water partition coefficient (Wildman–Crippen LogP) is 1.62. The van der Waals surface area contributed by atoms with E-state index < -0.39 is 5.97 Å². The van der Waals surface area contributed by atoms with Crippen LogP contribution in [0.2, 0.25) is 0 Å². The summed E-state index contributed by atoms with van der Waals surface area (Å²) in [6.07, 6.45) is 2.92. The molecule has 6 nitrogen and oxygen atoms in total. The second-order valence-corrected chi connectivity index (χ2v) is 4.44. The van der Waals surface area contributed by atoms with E-state index in [0.717, 1.165) is 5.69 Å². The molecule has 1 aliphatic heterocycles. The lowest BCUT2D eigenvalue weighted by Crippen LogP contribution is -2.25. The molecule has 0 spiro atoms. The Morgan fingerprint density at radius 3 is 2.81 bits per heavy atom. The van der Waals surface area contributed by atoms with Gasteiger partial charge in [0, 0.05) is 25.0 Å². The van der Waals surface area contributed by atoms with Crippen LogP contribution in [0.3, 0.4) is 0 Å². The van der Waals surface area contributed by atoms with Gasteiger partial charge in [0.05, 0.1) is 11.3 Å². The van der Waals surface area contributed by atoms with E-state index in [0.29, 0.717) is 5.56 Å². The molecule has 0 bridgehead atoms. The number of oxime groups is 1. The van der Waals surface area contributed by atoms with Gasteiger partial charge < -0.3 is 9.74 Å². The molecule has 2 aromatic rings. The van der Waals surface area contributed by atoms with Crippen LogP contribution >= 0.6 is 0 Å². The number of carbonyl (C=O) groups excluding carboxylic acids is 2. The maximum absolute atomic E-state index is 12.1. The number of aromatic nitrogens is 1. The normalized spacial score (nSPS) is 15.2. The van der Waals surface area contributed by atoms with Gasteiger partial charge in [-0.25, -0.2) is 4.79 Å². The highest BCUT2D eigenvalue weighted by molar-refractivity contribution is 6.54. The Morgan fingerprint density at radius 1 is 1.24 bits per heavy atom. The number of carbonyl (C=O) groups is 2. The molecule has 1 aromatic carbocycles. The Balaban J connectivity index is 1.87. The summed E-state index contributed by atoms with van der Waals surface area (Å²) in [6, 6.07) is 10.4. The number of pyridine rings is 1. The van der Waals surface area contributed by atoms with Crippen molar-refractivity contribution >= 4 is 23.3 Å². The first kappa shape index (κ1) is 13.0. The molecular weight excluding hydrogens is 270 g/mol. The number of benzene rings is 1. The van der Waals surface area contributed by atoms with E-state index in [2.05, 4.69) is 10.1 Å². The standard InChI is InChI=1S/C15H11N3O3/c1-18-12-7-3-2-6-11(12)13(14(18)19)17-21-15(20)10-5-4-8-16-9-10/h2-9H,1H3. The van der Waals surface area contributed by atoms with E-state index in [-0.39, 0.29) is 17.2 Å². The molecule has 2 heterocycles. The largest absolute Gasteiger partial charge is 0.367 e. The highest BCUT2D eigenvalue weighted by Crippen LogP contribution is 2.27. The number of anilines is 1. The monoisotopic (exact) mass is 281 g/mol. The van der Waals surface area contributed by atoms with Crippen LogP contribution in [0.1, 0.15) is 15.9 Å². The van der Waals surface area contributed by atoms with Crippen LogP contribution < -0.4 is 4.90 Å². The van der Waals surface area contributed by atoms with Gasteiger partial charge in [-0.05, 0) is 18.2 Å². The second kappa shape index (κ2) is 5.16. The summed E-state index contributed by atoms with van der Waals surface area (Å²) in [5.41, 5.74) is 1.77. The highest BCUT2D eigenvalue weighted by Gasteiger charge is 2.32. The Morgan fingerprint density at radius 2 is 2.05 bits per heavy atom. The predicted molar refractivity (Wildman–Crippen MR) is 76.0 cm³/mol. The smallest absolute Gasteiger partial charge is 0.312 e. The average molecular weight is 281 g/mol. The average Bonchev–Trinajstić information content (AvgIpc) is 2.78.